The van der Waals surface area contributed by atoms with Crippen molar-refractivity contribution in [2.45, 2.75) is 37.7 Å². The maximum atomic E-state index is 13.1. The van der Waals surface area contributed by atoms with Gasteiger partial charge in [0, 0.05) is 24.2 Å². The van der Waals surface area contributed by atoms with Gasteiger partial charge < -0.3 is 16.2 Å². The number of nitrogens with zero attached hydrogens (tertiary/aromatic N) is 2. The molecule has 0 saturated carbocycles. The van der Waals surface area contributed by atoms with Crippen LogP contribution >= 0.6 is 0 Å². The van der Waals surface area contributed by atoms with Crippen molar-refractivity contribution in [3.8, 4) is 0 Å². The maximum absolute atomic E-state index is 13.1. The monoisotopic (exact) mass is 312 g/mol. The molecule has 2 aromatic rings. The van der Waals surface area contributed by atoms with Gasteiger partial charge in [-0.2, -0.15) is 0 Å². The Hall–Kier alpha value is -2.34. The average molecular weight is 312 g/mol. The highest BCUT2D eigenvalue weighted by atomic mass is 16.3. The van der Waals surface area contributed by atoms with Gasteiger partial charge in [-0.25, -0.2) is 4.68 Å². The summed E-state index contributed by atoms with van der Waals surface area (Å²) < 4.78 is 1.49. The number of benzene rings is 1. The molecule has 0 spiro atoms. The molecule has 2 heterocycles. The molecule has 1 aliphatic carbocycles. The molecular weight excluding hydrogens is 292 g/mol. The van der Waals surface area contributed by atoms with E-state index in [9.17, 15) is 9.90 Å². The lowest BCUT2D eigenvalue weighted by Gasteiger charge is -2.26. The van der Waals surface area contributed by atoms with Crippen molar-refractivity contribution in [1.29, 1.82) is 0 Å². The lowest BCUT2D eigenvalue weighted by atomic mass is 9.89. The maximum Gasteiger partial charge on any atom is 0.254 e. The van der Waals surface area contributed by atoms with Crippen LogP contribution in [0.3, 0.4) is 0 Å². The van der Waals surface area contributed by atoms with E-state index in [1.165, 1.54) is 4.68 Å². The topological polar surface area (TPSA) is 93.2 Å². The van der Waals surface area contributed by atoms with Crippen molar-refractivity contribution in [3.63, 3.8) is 0 Å². The van der Waals surface area contributed by atoms with E-state index in [1.54, 1.807) is 0 Å². The quantitative estimate of drug-likeness (QED) is 0.743. The van der Waals surface area contributed by atoms with Gasteiger partial charge in [-0.1, -0.05) is 18.2 Å². The number of nitrogen functional groups attached to an aromatic ring is 1. The number of rotatable bonds is 1. The molecule has 1 aliphatic heterocycles. The number of aromatic nitrogens is 2. The van der Waals surface area contributed by atoms with Crippen LogP contribution in [0.15, 0.2) is 24.3 Å². The van der Waals surface area contributed by atoms with Gasteiger partial charge in [-0.15, -0.1) is 5.10 Å². The van der Waals surface area contributed by atoms with Gasteiger partial charge in [-0.3, -0.25) is 4.79 Å². The lowest BCUT2D eigenvalue weighted by molar-refractivity contribution is 0.0848. The summed E-state index contributed by atoms with van der Waals surface area (Å²) in [5.74, 6) is 0.139. The summed E-state index contributed by atoms with van der Waals surface area (Å²) in [5, 5.41) is 17.4. The second-order valence-corrected chi connectivity index (χ2v) is 6.31. The number of carbonyl (C=O) groups excluding carboxylic acids is 1. The molecule has 0 bridgehead atoms. The van der Waals surface area contributed by atoms with Gasteiger partial charge in [0.15, 0.2) is 0 Å². The number of nitrogens with one attached hydrogen (secondary N) is 1. The molecule has 6 heteroatoms. The number of nitrogens with two attached hydrogens (primary N) is 1. The van der Waals surface area contributed by atoms with E-state index in [-0.39, 0.29) is 11.8 Å². The second-order valence-electron chi connectivity index (χ2n) is 6.31. The summed E-state index contributed by atoms with van der Waals surface area (Å²) in [7, 11) is 0. The first-order valence-corrected chi connectivity index (χ1v) is 8.06. The third kappa shape index (κ3) is 2.30. The van der Waals surface area contributed by atoms with Crippen molar-refractivity contribution >= 4 is 17.4 Å². The minimum atomic E-state index is -0.392. The Kier molecular flexibility index (Phi) is 3.34. The molecule has 0 saturated heterocycles. The van der Waals surface area contributed by atoms with Gasteiger partial charge in [0.25, 0.3) is 5.91 Å². The van der Waals surface area contributed by atoms with Crippen molar-refractivity contribution < 1.29 is 9.90 Å². The first-order valence-electron chi connectivity index (χ1n) is 8.06. The zero-order valence-electron chi connectivity index (χ0n) is 12.8. The van der Waals surface area contributed by atoms with Crippen LogP contribution in [-0.2, 0) is 12.8 Å². The Morgan fingerprint density at radius 2 is 2.17 bits per heavy atom. The molecule has 0 amide bonds. The highest BCUT2D eigenvalue weighted by Crippen LogP contribution is 2.34. The molecule has 23 heavy (non-hydrogen) atoms. The zero-order chi connectivity index (χ0) is 16.0. The number of anilines is 2. The predicted octanol–water partition coefficient (Wildman–Crippen LogP) is 1.55. The summed E-state index contributed by atoms with van der Waals surface area (Å²) in [6.45, 7) is 0.769. The van der Waals surface area contributed by atoms with Crippen LogP contribution in [-0.4, -0.2) is 33.4 Å². The smallest absolute Gasteiger partial charge is 0.254 e. The fourth-order valence-electron chi connectivity index (χ4n) is 3.68. The third-order valence-corrected chi connectivity index (χ3v) is 4.87. The number of aliphatic hydroxyl groups is 1. The number of aliphatic hydroxyl groups excluding tert-OH is 1. The summed E-state index contributed by atoms with van der Waals surface area (Å²) in [4.78, 5) is 13.1. The number of para-hydroxylation sites is 1. The number of fused-ring (bicyclic) bond motifs is 2. The Morgan fingerprint density at radius 3 is 3.04 bits per heavy atom. The summed E-state index contributed by atoms with van der Waals surface area (Å²) in [6, 6.07) is 7.91. The van der Waals surface area contributed by atoms with E-state index in [0.717, 1.165) is 35.5 Å². The first-order chi connectivity index (χ1) is 11.1. The normalized spacial score (nSPS) is 22.8. The molecule has 6 nitrogen and oxygen atoms in total. The second kappa shape index (κ2) is 5.38. The van der Waals surface area contributed by atoms with Crippen LogP contribution in [0.2, 0.25) is 0 Å². The van der Waals surface area contributed by atoms with Crippen LogP contribution in [0.25, 0.3) is 0 Å². The molecule has 2 atom stereocenters. The zero-order valence-corrected chi connectivity index (χ0v) is 12.8. The molecule has 2 unspecified atom stereocenters. The van der Waals surface area contributed by atoms with Crippen LogP contribution in [0.1, 0.15) is 40.4 Å². The molecule has 4 N–H and O–H groups in total. The highest BCUT2D eigenvalue weighted by Gasteiger charge is 2.32. The molecule has 0 radical (unpaired) electrons. The third-order valence-electron chi connectivity index (χ3n) is 4.87. The largest absolute Gasteiger partial charge is 0.393 e. The Labute approximate surface area is 134 Å². The lowest BCUT2D eigenvalue weighted by Crippen LogP contribution is -2.30. The highest BCUT2D eigenvalue weighted by molar-refractivity contribution is 5.89. The van der Waals surface area contributed by atoms with E-state index in [2.05, 4.69) is 10.4 Å². The predicted molar refractivity (Wildman–Crippen MR) is 87.6 cm³/mol. The van der Waals surface area contributed by atoms with E-state index in [1.807, 2.05) is 24.3 Å². The summed E-state index contributed by atoms with van der Waals surface area (Å²) in [5.41, 5.74) is 9.71. The van der Waals surface area contributed by atoms with E-state index >= 15 is 0 Å². The average Bonchev–Trinajstić information content (AvgIpc) is 2.90. The Morgan fingerprint density at radius 1 is 1.35 bits per heavy atom. The fraction of sp³-hybridized carbons (Fsp3) is 0.412. The molecule has 1 aromatic carbocycles. The van der Waals surface area contributed by atoms with Crippen molar-refractivity contribution in [2.24, 2.45) is 0 Å². The van der Waals surface area contributed by atoms with Gasteiger partial charge >= 0.3 is 0 Å². The molecule has 120 valence electrons. The van der Waals surface area contributed by atoms with Gasteiger partial charge in [0.05, 0.1) is 17.7 Å². The molecular formula is C17H20N4O2. The van der Waals surface area contributed by atoms with Crippen molar-refractivity contribution in [1.82, 2.24) is 9.78 Å². The first kappa shape index (κ1) is 14.3. The van der Waals surface area contributed by atoms with Gasteiger partial charge in [-0.05, 0) is 30.9 Å². The standard InChI is InChI=1S/C17H20N4O2/c18-16-13-9-10(22)5-6-15(13)21(20-16)17(23)12-7-8-19-14-4-2-1-3-11(12)14/h1-4,10,12,19,22H,5-9H2,(H2,18,20). The number of hydrogen-bond donors (Lipinski definition) is 3. The SMILES string of the molecule is Nc1nn(C(=O)C2CCNc3ccccc32)c2c1CC(O)CC2. The van der Waals surface area contributed by atoms with Crippen LogP contribution in [0.4, 0.5) is 11.5 Å². The van der Waals surface area contributed by atoms with E-state index < -0.39 is 6.10 Å². The van der Waals surface area contributed by atoms with Crippen LogP contribution < -0.4 is 11.1 Å². The summed E-state index contributed by atoms with van der Waals surface area (Å²) >= 11 is 0. The van der Waals surface area contributed by atoms with Gasteiger partial charge in [0.2, 0.25) is 0 Å². The van der Waals surface area contributed by atoms with Crippen molar-refractivity contribution in [2.75, 3.05) is 17.6 Å². The summed E-state index contributed by atoms with van der Waals surface area (Å²) in [6.07, 6.45) is 2.12. The van der Waals surface area contributed by atoms with Crippen LogP contribution in [0.5, 0.6) is 0 Å². The number of hydrogen-bond acceptors (Lipinski definition) is 5. The molecule has 1 aromatic heterocycles. The number of carbonyl (C=O) groups is 1. The molecule has 0 fully saturated rings. The fourth-order valence-corrected chi connectivity index (χ4v) is 3.68. The molecule has 2 aliphatic rings. The van der Waals surface area contributed by atoms with Gasteiger partial charge in [0.1, 0.15) is 5.82 Å². The Bertz CT molecular complexity index is 768. The van der Waals surface area contributed by atoms with E-state index in [4.69, 9.17) is 5.73 Å². The van der Waals surface area contributed by atoms with Crippen LogP contribution in [0, 0.1) is 0 Å². The molecule has 4 rings (SSSR count). The minimum Gasteiger partial charge on any atom is -0.393 e. The van der Waals surface area contributed by atoms with E-state index in [0.29, 0.717) is 25.1 Å². The Balaban J connectivity index is 1.73. The van der Waals surface area contributed by atoms with Crippen molar-refractivity contribution in [3.05, 3.63) is 41.1 Å². The minimum absolute atomic E-state index is 0.0247.